The highest BCUT2D eigenvalue weighted by molar-refractivity contribution is 7.99. The number of hydrogen-bond donors (Lipinski definition) is 1. The number of ether oxygens (including phenoxy) is 1. The van der Waals surface area contributed by atoms with Gasteiger partial charge in [-0.25, -0.2) is 0 Å². The summed E-state index contributed by atoms with van der Waals surface area (Å²) < 4.78 is 5.30. The van der Waals surface area contributed by atoms with Gasteiger partial charge in [-0.15, -0.1) is 0 Å². The van der Waals surface area contributed by atoms with Crippen LogP contribution in [0.3, 0.4) is 0 Å². The monoisotopic (exact) mass is 275 g/mol. The summed E-state index contributed by atoms with van der Waals surface area (Å²) in [6.45, 7) is 0.404. The molecule has 3 heteroatoms. The van der Waals surface area contributed by atoms with Crippen LogP contribution in [0.5, 0.6) is 5.75 Å². The lowest BCUT2D eigenvalue weighted by Crippen LogP contribution is -1.98. The van der Waals surface area contributed by atoms with E-state index in [1.807, 2.05) is 23.9 Å². The lowest BCUT2D eigenvalue weighted by Gasteiger charge is -2.11. The SMILES string of the molecule is COc1ccc(C#CCN)c(CSC2CCCC2)c1. The van der Waals surface area contributed by atoms with Gasteiger partial charge in [-0.1, -0.05) is 24.7 Å². The maximum absolute atomic E-state index is 5.45. The molecule has 0 spiro atoms. The molecule has 1 fully saturated rings. The Bertz CT molecular complexity index is 469. The summed E-state index contributed by atoms with van der Waals surface area (Å²) in [6.07, 6.45) is 5.49. The van der Waals surface area contributed by atoms with E-state index in [1.54, 1.807) is 7.11 Å². The van der Waals surface area contributed by atoms with Crippen LogP contribution in [-0.2, 0) is 5.75 Å². The molecule has 1 saturated carbocycles. The van der Waals surface area contributed by atoms with Gasteiger partial charge in [0.05, 0.1) is 13.7 Å². The zero-order chi connectivity index (χ0) is 13.5. The molecule has 0 heterocycles. The topological polar surface area (TPSA) is 35.2 Å². The highest BCUT2D eigenvalue weighted by Gasteiger charge is 2.16. The highest BCUT2D eigenvalue weighted by atomic mass is 32.2. The average Bonchev–Trinajstić information content (AvgIpc) is 2.96. The Labute approximate surface area is 120 Å². The number of thioether (sulfide) groups is 1. The summed E-state index contributed by atoms with van der Waals surface area (Å²) in [4.78, 5) is 0. The molecule has 0 atom stereocenters. The van der Waals surface area contributed by atoms with Crippen LogP contribution < -0.4 is 10.5 Å². The van der Waals surface area contributed by atoms with Gasteiger partial charge in [0.1, 0.15) is 5.75 Å². The standard InChI is InChI=1S/C16H21NOS/c1-18-15-9-8-13(5-4-10-17)14(11-15)12-19-16-6-2-3-7-16/h8-9,11,16H,2-3,6-7,10,12,17H2,1H3. The summed E-state index contributed by atoms with van der Waals surface area (Å²) in [6, 6.07) is 6.10. The highest BCUT2D eigenvalue weighted by Crippen LogP contribution is 2.32. The fourth-order valence-corrected chi connectivity index (χ4v) is 3.67. The number of hydrogen-bond acceptors (Lipinski definition) is 3. The minimum atomic E-state index is 0.404. The number of rotatable bonds is 4. The molecule has 0 unspecified atom stereocenters. The summed E-state index contributed by atoms with van der Waals surface area (Å²) in [7, 11) is 1.70. The zero-order valence-corrected chi connectivity index (χ0v) is 12.3. The third-order valence-corrected chi connectivity index (χ3v) is 4.83. The van der Waals surface area contributed by atoms with E-state index in [2.05, 4.69) is 17.9 Å². The van der Waals surface area contributed by atoms with Crippen molar-refractivity contribution < 1.29 is 4.74 Å². The Balaban J connectivity index is 2.09. The van der Waals surface area contributed by atoms with Crippen molar-refractivity contribution in [3.63, 3.8) is 0 Å². The van der Waals surface area contributed by atoms with Crippen LogP contribution in [0, 0.1) is 11.8 Å². The molecule has 0 aromatic heterocycles. The van der Waals surface area contributed by atoms with Crippen molar-refractivity contribution in [3.05, 3.63) is 29.3 Å². The number of methoxy groups -OCH3 is 1. The fourth-order valence-electron chi connectivity index (χ4n) is 2.35. The molecule has 102 valence electrons. The zero-order valence-electron chi connectivity index (χ0n) is 11.4. The maximum Gasteiger partial charge on any atom is 0.119 e. The van der Waals surface area contributed by atoms with E-state index < -0.39 is 0 Å². The molecule has 1 aromatic carbocycles. The van der Waals surface area contributed by atoms with Crippen LogP contribution in [0.2, 0.25) is 0 Å². The van der Waals surface area contributed by atoms with Gasteiger partial charge in [0, 0.05) is 16.6 Å². The average molecular weight is 275 g/mol. The third kappa shape index (κ3) is 4.19. The second-order valence-corrected chi connectivity index (χ2v) is 6.04. The summed E-state index contributed by atoms with van der Waals surface area (Å²) >= 11 is 2.05. The van der Waals surface area contributed by atoms with Crippen molar-refractivity contribution in [1.29, 1.82) is 0 Å². The third-order valence-electron chi connectivity index (χ3n) is 3.41. The van der Waals surface area contributed by atoms with Crippen LogP contribution in [-0.4, -0.2) is 18.9 Å². The summed E-state index contributed by atoms with van der Waals surface area (Å²) in [5.41, 5.74) is 7.79. The van der Waals surface area contributed by atoms with E-state index in [4.69, 9.17) is 10.5 Å². The van der Waals surface area contributed by atoms with E-state index in [1.165, 1.54) is 31.2 Å². The Morgan fingerprint density at radius 2 is 2.16 bits per heavy atom. The molecule has 2 N–H and O–H groups in total. The van der Waals surface area contributed by atoms with Crippen LogP contribution in [0.15, 0.2) is 18.2 Å². The Kier molecular flexibility index (Phi) is 5.62. The molecule has 1 aliphatic rings. The van der Waals surface area contributed by atoms with Gasteiger partial charge in [0.25, 0.3) is 0 Å². The first-order valence-corrected chi connectivity index (χ1v) is 7.86. The van der Waals surface area contributed by atoms with Crippen molar-refractivity contribution in [1.82, 2.24) is 0 Å². The lowest BCUT2D eigenvalue weighted by atomic mass is 10.1. The minimum Gasteiger partial charge on any atom is -0.497 e. The second kappa shape index (κ2) is 7.47. The van der Waals surface area contributed by atoms with E-state index >= 15 is 0 Å². The maximum atomic E-state index is 5.45. The number of nitrogens with two attached hydrogens (primary N) is 1. The van der Waals surface area contributed by atoms with Crippen LogP contribution in [0.1, 0.15) is 36.8 Å². The molecular formula is C16H21NOS. The molecule has 2 nitrogen and oxygen atoms in total. The molecule has 0 saturated heterocycles. The summed E-state index contributed by atoms with van der Waals surface area (Å²) in [5, 5.41) is 0.821. The first-order chi connectivity index (χ1) is 9.33. The molecule has 1 aliphatic carbocycles. The van der Waals surface area contributed by atoms with Gasteiger partial charge >= 0.3 is 0 Å². The second-order valence-electron chi connectivity index (χ2n) is 4.75. The van der Waals surface area contributed by atoms with Gasteiger partial charge in [-0.3, -0.25) is 0 Å². The normalized spacial score (nSPS) is 15.1. The largest absolute Gasteiger partial charge is 0.497 e. The van der Waals surface area contributed by atoms with E-state index in [9.17, 15) is 0 Å². The van der Waals surface area contributed by atoms with Crippen molar-refractivity contribution in [2.45, 2.75) is 36.7 Å². The molecule has 0 aliphatic heterocycles. The van der Waals surface area contributed by atoms with E-state index in [-0.39, 0.29) is 0 Å². The predicted molar refractivity (Wildman–Crippen MR) is 82.5 cm³/mol. The molecule has 0 bridgehead atoms. The van der Waals surface area contributed by atoms with Crippen LogP contribution in [0.4, 0.5) is 0 Å². The van der Waals surface area contributed by atoms with Crippen LogP contribution in [0.25, 0.3) is 0 Å². The van der Waals surface area contributed by atoms with Gasteiger partial charge in [-0.2, -0.15) is 11.8 Å². The Hall–Kier alpha value is -1.11. The Morgan fingerprint density at radius 3 is 2.84 bits per heavy atom. The van der Waals surface area contributed by atoms with Gasteiger partial charge < -0.3 is 10.5 Å². The quantitative estimate of drug-likeness (QED) is 0.857. The van der Waals surface area contributed by atoms with E-state index in [0.29, 0.717) is 6.54 Å². The van der Waals surface area contributed by atoms with Crippen molar-refractivity contribution in [3.8, 4) is 17.6 Å². The van der Waals surface area contributed by atoms with Crippen LogP contribution >= 0.6 is 11.8 Å². The van der Waals surface area contributed by atoms with Gasteiger partial charge in [0.15, 0.2) is 0 Å². The smallest absolute Gasteiger partial charge is 0.119 e. The predicted octanol–water partition coefficient (Wildman–Crippen LogP) is 3.18. The molecule has 1 aromatic rings. The van der Waals surface area contributed by atoms with Gasteiger partial charge in [0.2, 0.25) is 0 Å². The molecule has 19 heavy (non-hydrogen) atoms. The van der Waals surface area contributed by atoms with Crippen molar-refractivity contribution in [2.75, 3.05) is 13.7 Å². The molecular weight excluding hydrogens is 254 g/mol. The van der Waals surface area contributed by atoms with E-state index in [0.717, 1.165) is 22.3 Å². The first kappa shape index (κ1) is 14.3. The fraction of sp³-hybridized carbons (Fsp3) is 0.500. The molecule has 0 amide bonds. The van der Waals surface area contributed by atoms with Crippen molar-refractivity contribution >= 4 is 11.8 Å². The minimum absolute atomic E-state index is 0.404. The lowest BCUT2D eigenvalue weighted by molar-refractivity contribution is 0.414. The Morgan fingerprint density at radius 1 is 1.37 bits per heavy atom. The number of benzene rings is 1. The summed E-state index contributed by atoms with van der Waals surface area (Å²) in [5.74, 6) is 8.01. The first-order valence-electron chi connectivity index (χ1n) is 6.81. The molecule has 2 rings (SSSR count). The van der Waals surface area contributed by atoms with Crippen molar-refractivity contribution in [2.24, 2.45) is 5.73 Å². The van der Waals surface area contributed by atoms with Gasteiger partial charge in [-0.05, 0) is 36.6 Å². The molecule has 0 radical (unpaired) electrons.